The number of fused-ring (bicyclic) bond motifs is 4. The van der Waals surface area contributed by atoms with Crippen LogP contribution in [0, 0.1) is 40.4 Å². The Morgan fingerprint density at radius 2 is 1.67 bits per heavy atom. The van der Waals surface area contributed by atoms with Gasteiger partial charge in [0.25, 0.3) is 0 Å². The maximum absolute atomic E-state index is 15.4. The topological polar surface area (TPSA) is 80.5 Å². The Morgan fingerprint density at radius 3 is 2.31 bits per heavy atom. The van der Waals surface area contributed by atoms with Gasteiger partial charge in [0.15, 0.2) is 5.79 Å². The summed E-state index contributed by atoms with van der Waals surface area (Å²) in [6, 6.07) is 7.19. The van der Waals surface area contributed by atoms with Crippen molar-refractivity contribution in [2.24, 2.45) is 33.7 Å². The molecule has 3 saturated carbocycles. The van der Waals surface area contributed by atoms with E-state index >= 15 is 8.78 Å². The Hall–Kier alpha value is -2.52. The molecule has 6 atom stereocenters. The molecule has 1 aliphatic heterocycles. The van der Waals surface area contributed by atoms with Gasteiger partial charge in [0.2, 0.25) is 0 Å². The molecule has 1 aromatic rings. The van der Waals surface area contributed by atoms with Crippen molar-refractivity contribution in [3.05, 3.63) is 46.5 Å². The first kappa shape index (κ1) is 36.3. The molecule has 1 heterocycles. The molecule has 49 heavy (non-hydrogen) atoms. The van der Waals surface area contributed by atoms with Gasteiger partial charge in [-0.1, -0.05) is 63.4 Å². The van der Waals surface area contributed by atoms with Crippen molar-refractivity contribution < 1.29 is 46.5 Å². The van der Waals surface area contributed by atoms with Crippen LogP contribution in [0.3, 0.4) is 0 Å². The maximum Gasteiger partial charge on any atom is 0.456 e. The predicted molar refractivity (Wildman–Crippen MR) is 174 cm³/mol. The van der Waals surface area contributed by atoms with E-state index < -0.39 is 52.8 Å². The fourth-order valence-electron chi connectivity index (χ4n) is 9.48. The van der Waals surface area contributed by atoms with Crippen molar-refractivity contribution in [3.63, 3.8) is 0 Å². The molecule has 6 rings (SSSR count). The zero-order chi connectivity index (χ0) is 35.7. The second kappa shape index (κ2) is 12.3. The quantitative estimate of drug-likeness (QED) is 0.108. The molecule has 0 bridgehead atoms. The van der Waals surface area contributed by atoms with Crippen LogP contribution in [0.5, 0.6) is 0 Å². The van der Waals surface area contributed by atoms with Crippen LogP contribution in [0.2, 0.25) is 0 Å². The maximum atomic E-state index is 15.4. The Balaban J connectivity index is 1.39. The number of allylic oxidation sites excluding steroid dienone is 1. The molecule has 4 aliphatic carbocycles. The lowest BCUT2D eigenvalue weighted by Crippen LogP contribution is -2.65. The van der Waals surface area contributed by atoms with Crippen LogP contribution in [0.1, 0.15) is 103 Å². The summed E-state index contributed by atoms with van der Waals surface area (Å²) in [4.78, 5) is 5.17. The molecule has 1 spiro atoms. The van der Waals surface area contributed by atoms with E-state index in [4.69, 9.17) is 14.3 Å². The van der Waals surface area contributed by atoms with Crippen molar-refractivity contribution in [1.29, 1.82) is 0 Å². The van der Waals surface area contributed by atoms with Gasteiger partial charge in [-0.25, -0.2) is 0 Å². The molecule has 0 aromatic heterocycles. The van der Waals surface area contributed by atoms with E-state index in [2.05, 4.69) is 30.8 Å². The number of oxime groups is 1. The number of alkyl halides is 5. The van der Waals surface area contributed by atoms with E-state index in [0.717, 1.165) is 11.1 Å². The summed E-state index contributed by atoms with van der Waals surface area (Å²) in [7, 11) is 0. The normalized spacial score (nSPS) is 35.5. The molecule has 5 aliphatic rings. The average Bonchev–Trinajstić information content (AvgIpc) is 3.30. The summed E-state index contributed by atoms with van der Waals surface area (Å²) in [5, 5.41) is 27.7. The summed E-state index contributed by atoms with van der Waals surface area (Å²) < 4.78 is 85.2. The standard InChI is InChI=1S/C38H48F5NO5/c1-24(2)20-49-44-18-6-7-25-8-10-26(11-9-25)28-19-33(5)29(14-17-36(33,46)37(39,40)38(41,42)43)27-12-15-34(45)21-35(16-13-30(34)31(27)28)47-22-32(3,4)23-48-35/h8-11,18,24,27-29,45-46H,12-17,19-23H2,1-5H3/b44-18+/t27?,28-,29?,33?,34?,36?/m1/s1. The Bertz CT molecular complexity index is 1530. The van der Waals surface area contributed by atoms with Crippen molar-refractivity contribution in [2.45, 2.75) is 121 Å². The first-order valence-corrected chi connectivity index (χ1v) is 17.4. The highest BCUT2D eigenvalue weighted by molar-refractivity contribution is 5.78. The van der Waals surface area contributed by atoms with Gasteiger partial charge >= 0.3 is 12.1 Å². The molecular weight excluding hydrogens is 645 g/mol. The first-order chi connectivity index (χ1) is 22.8. The lowest BCUT2D eigenvalue weighted by Gasteiger charge is -2.59. The molecule has 1 aromatic carbocycles. The molecule has 6 nitrogen and oxygen atoms in total. The van der Waals surface area contributed by atoms with Crippen LogP contribution in [0.25, 0.3) is 0 Å². The zero-order valence-corrected chi connectivity index (χ0v) is 28.9. The van der Waals surface area contributed by atoms with Gasteiger partial charge in [-0.2, -0.15) is 22.0 Å². The Kier molecular flexibility index (Phi) is 9.12. The number of hydrogen-bond acceptors (Lipinski definition) is 6. The summed E-state index contributed by atoms with van der Waals surface area (Å²) in [6.07, 6.45) is -3.42. The van der Waals surface area contributed by atoms with Crippen molar-refractivity contribution >= 4 is 6.21 Å². The molecule has 1 saturated heterocycles. The second-order valence-electron chi connectivity index (χ2n) is 16.5. The van der Waals surface area contributed by atoms with E-state index in [1.54, 1.807) is 12.1 Å². The molecular formula is C38H48F5NO5. The van der Waals surface area contributed by atoms with Crippen LogP contribution >= 0.6 is 0 Å². The molecule has 2 N–H and O–H groups in total. The van der Waals surface area contributed by atoms with Crippen molar-refractivity contribution in [1.82, 2.24) is 0 Å². The highest BCUT2D eigenvalue weighted by Crippen LogP contribution is 2.71. The monoisotopic (exact) mass is 693 g/mol. The fourth-order valence-corrected chi connectivity index (χ4v) is 9.48. The summed E-state index contributed by atoms with van der Waals surface area (Å²) in [6.45, 7) is 11.0. The fraction of sp³-hybridized carbons (Fsp3) is 0.711. The smallest absolute Gasteiger partial charge is 0.395 e. The number of halogens is 5. The molecule has 5 unspecified atom stereocenters. The van der Waals surface area contributed by atoms with Crippen LogP contribution in [-0.2, 0) is 14.3 Å². The van der Waals surface area contributed by atoms with Gasteiger partial charge in [0.1, 0.15) is 18.4 Å². The summed E-state index contributed by atoms with van der Waals surface area (Å²) >= 11 is 0. The Morgan fingerprint density at radius 1 is 1.00 bits per heavy atom. The predicted octanol–water partition coefficient (Wildman–Crippen LogP) is 7.92. The number of nitrogens with zero attached hydrogens (tertiary/aromatic N) is 1. The number of benzene rings is 1. The molecule has 11 heteroatoms. The highest BCUT2D eigenvalue weighted by Gasteiger charge is 2.79. The second-order valence-corrected chi connectivity index (χ2v) is 16.5. The van der Waals surface area contributed by atoms with Crippen LogP contribution in [0.15, 0.2) is 40.6 Å². The Labute approximate surface area is 285 Å². The van der Waals surface area contributed by atoms with E-state index in [1.165, 1.54) is 13.1 Å². The number of aliphatic hydroxyl groups is 2. The van der Waals surface area contributed by atoms with Gasteiger partial charge in [-0.05, 0) is 85.5 Å². The van der Waals surface area contributed by atoms with E-state index in [9.17, 15) is 23.4 Å². The van der Waals surface area contributed by atoms with Crippen LogP contribution < -0.4 is 0 Å². The molecule has 0 radical (unpaired) electrons. The third-order valence-corrected chi connectivity index (χ3v) is 12.0. The first-order valence-electron chi connectivity index (χ1n) is 17.4. The van der Waals surface area contributed by atoms with Crippen LogP contribution in [0.4, 0.5) is 22.0 Å². The van der Waals surface area contributed by atoms with E-state index in [-0.39, 0.29) is 30.6 Å². The highest BCUT2D eigenvalue weighted by atomic mass is 19.4. The lowest BCUT2D eigenvalue weighted by molar-refractivity contribution is -0.362. The van der Waals surface area contributed by atoms with Gasteiger partial charge in [0, 0.05) is 35.2 Å². The van der Waals surface area contributed by atoms with Crippen molar-refractivity contribution in [3.8, 4) is 11.8 Å². The summed E-state index contributed by atoms with van der Waals surface area (Å²) in [5.41, 5.74) is -3.36. The summed E-state index contributed by atoms with van der Waals surface area (Å²) in [5.74, 6) is -1.71. The SMILES string of the molecule is CC(C)CO/N=C/C#Cc1ccc([C@H]2CC3(C)C(CCC3(O)C(F)(F)C(F)(F)F)C3CCC4(O)CC5(CCC4=C32)OCC(C)(C)CO5)cc1. The van der Waals surface area contributed by atoms with E-state index in [0.29, 0.717) is 62.5 Å². The van der Waals surface area contributed by atoms with Gasteiger partial charge in [-0.3, -0.25) is 0 Å². The third-order valence-electron chi connectivity index (χ3n) is 12.0. The van der Waals surface area contributed by atoms with Gasteiger partial charge in [-0.15, -0.1) is 0 Å². The van der Waals surface area contributed by atoms with E-state index in [1.807, 2.05) is 26.0 Å². The largest absolute Gasteiger partial charge is 0.456 e. The molecule has 270 valence electrons. The molecule has 4 fully saturated rings. The minimum Gasteiger partial charge on any atom is -0.395 e. The zero-order valence-electron chi connectivity index (χ0n) is 28.9. The van der Waals surface area contributed by atoms with Gasteiger partial charge < -0.3 is 24.5 Å². The average molecular weight is 694 g/mol. The minimum atomic E-state index is -5.91. The third kappa shape index (κ3) is 6.13. The number of ether oxygens (including phenoxy) is 2. The van der Waals surface area contributed by atoms with Crippen molar-refractivity contribution in [2.75, 3.05) is 19.8 Å². The van der Waals surface area contributed by atoms with Gasteiger partial charge in [0.05, 0.1) is 18.8 Å². The number of rotatable bonds is 5. The minimum absolute atomic E-state index is 0.0352. The van der Waals surface area contributed by atoms with Crippen LogP contribution in [-0.4, -0.2) is 65.3 Å². The lowest BCUT2D eigenvalue weighted by atomic mass is 9.49. The molecule has 0 amide bonds. The number of hydrogen-bond donors (Lipinski definition) is 2.